The van der Waals surface area contributed by atoms with Gasteiger partial charge < -0.3 is 10.2 Å². The van der Waals surface area contributed by atoms with E-state index in [1.165, 1.54) is 6.42 Å². The van der Waals surface area contributed by atoms with Gasteiger partial charge in [-0.2, -0.15) is 0 Å². The molecule has 27 heavy (non-hydrogen) atoms. The van der Waals surface area contributed by atoms with E-state index in [9.17, 15) is 10.2 Å². The minimum absolute atomic E-state index is 0.306. The number of hydrogen-bond acceptors (Lipinski definition) is 2. The molecule has 3 rings (SSSR count). The third-order valence-electron chi connectivity index (χ3n) is 5.20. The molecule has 0 aliphatic heterocycles. The highest BCUT2D eigenvalue weighted by molar-refractivity contribution is 5.81. The fourth-order valence-corrected chi connectivity index (χ4v) is 3.56. The maximum Gasteiger partial charge on any atom is 0.177 e. The van der Waals surface area contributed by atoms with Crippen LogP contribution in [0.1, 0.15) is 50.7 Å². The zero-order valence-electron chi connectivity index (χ0n) is 16.2. The minimum Gasteiger partial charge on any atom is -0.380 e. The molecule has 0 saturated carbocycles. The van der Waals surface area contributed by atoms with E-state index >= 15 is 0 Å². The highest BCUT2D eigenvalue weighted by Crippen LogP contribution is 2.46. The smallest absolute Gasteiger partial charge is 0.177 e. The van der Waals surface area contributed by atoms with Crippen LogP contribution >= 0.6 is 0 Å². The highest BCUT2D eigenvalue weighted by Gasteiger charge is 2.39. The van der Waals surface area contributed by atoms with Crippen LogP contribution in [0.5, 0.6) is 0 Å². The fourth-order valence-electron chi connectivity index (χ4n) is 3.56. The molecule has 1 aliphatic rings. The van der Waals surface area contributed by atoms with Crippen LogP contribution in [-0.4, -0.2) is 16.3 Å². The van der Waals surface area contributed by atoms with Crippen molar-refractivity contribution in [2.75, 3.05) is 0 Å². The molecule has 2 heteroatoms. The van der Waals surface area contributed by atoms with Crippen LogP contribution in [-0.2, 0) is 5.60 Å². The maximum atomic E-state index is 10.6. The van der Waals surface area contributed by atoms with Gasteiger partial charge in [0.1, 0.15) is 6.10 Å². The lowest BCUT2D eigenvalue weighted by molar-refractivity contribution is 0.150. The van der Waals surface area contributed by atoms with E-state index in [1.807, 2.05) is 48.5 Å². The van der Waals surface area contributed by atoms with Gasteiger partial charge in [-0.25, -0.2) is 0 Å². The van der Waals surface area contributed by atoms with E-state index in [0.717, 1.165) is 41.5 Å². The second-order valence-electron chi connectivity index (χ2n) is 6.87. The molecule has 1 aliphatic carbocycles. The van der Waals surface area contributed by atoms with E-state index < -0.39 is 11.7 Å². The average molecular weight is 360 g/mol. The Kier molecular flexibility index (Phi) is 7.26. The molecule has 0 saturated heterocycles. The summed E-state index contributed by atoms with van der Waals surface area (Å²) in [5.74, 6) is 5.19. The lowest BCUT2D eigenvalue weighted by atomic mass is 9.93. The van der Waals surface area contributed by atoms with Crippen molar-refractivity contribution in [3.8, 4) is 35.8 Å². The van der Waals surface area contributed by atoms with Gasteiger partial charge in [0.2, 0.25) is 0 Å². The molecule has 140 valence electrons. The van der Waals surface area contributed by atoms with Crippen LogP contribution in [0.2, 0.25) is 0 Å². The zero-order chi connectivity index (χ0) is 19.9. The molecule has 0 spiro atoms. The Balaban J connectivity index is 0.000000211. The first-order valence-electron chi connectivity index (χ1n) is 9.57. The second kappa shape index (κ2) is 9.43. The average Bonchev–Trinajstić information content (AvgIpc) is 2.99. The third-order valence-corrected chi connectivity index (χ3v) is 5.20. The van der Waals surface area contributed by atoms with Crippen LogP contribution in [0.3, 0.4) is 0 Å². The minimum atomic E-state index is -1.27. The van der Waals surface area contributed by atoms with Gasteiger partial charge in [0.15, 0.2) is 5.60 Å². The molecular formula is C25H28O2. The first-order valence-corrected chi connectivity index (χ1v) is 9.57. The summed E-state index contributed by atoms with van der Waals surface area (Å²) in [7, 11) is 0. The molecule has 2 nitrogen and oxygen atoms in total. The number of unbranched alkanes of at least 4 members (excludes halogenated alkanes) is 1. The SMILES string of the molecule is C#CC(O)C(CC)CCCC.C#CC1(O)c2ccccc2-c2ccccc21. The Bertz CT molecular complexity index is 792. The van der Waals surface area contributed by atoms with Gasteiger partial charge in [0.25, 0.3) is 0 Å². The van der Waals surface area contributed by atoms with Crippen molar-refractivity contribution in [2.45, 2.75) is 51.2 Å². The molecule has 0 radical (unpaired) electrons. The first kappa shape index (κ1) is 20.8. The van der Waals surface area contributed by atoms with E-state index in [0.29, 0.717) is 5.92 Å². The topological polar surface area (TPSA) is 40.5 Å². The van der Waals surface area contributed by atoms with Crippen molar-refractivity contribution >= 4 is 0 Å². The first-order chi connectivity index (χ1) is 13.0. The molecule has 2 atom stereocenters. The molecule has 2 aromatic carbocycles. The van der Waals surface area contributed by atoms with Crippen LogP contribution in [0, 0.1) is 30.6 Å². The Hall–Kier alpha value is -2.52. The quantitative estimate of drug-likeness (QED) is 0.757. The number of aliphatic hydroxyl groups is 2. The molecular weight excluding hydrogens is 332 g/mol. The summed E-state index contributed by atoms with van der Waals surface area (Å²) in [5.41, 5.74) is 2.39. The van der Waals surface area contributed by atoms with Crippen molar-refractivity contribution in [1.29, 1.82) is 0 Å². The fraction of sp³-hybridized carbons (Fsp3) is 0.360. The molecule has 0 heterocycles. The van der Waals surface area contributed by atoms with Gasteiger partial charge in [-0.05, 0) is 29.9 Å². The lowest BCUT2D eigenvalue weighted by Crippen LogP contribution is -2.21. The summed E-state index contributed by atoms with van der Waals surface area (Å²) in [4.78, 5) is 0. The molecule has 0 fully saturated rings. The number of rotatable bonds is 5. The number of terminal acetylenes is 2. The molecule has 0 aromatic heterocycles. The van der Waals surface area contributed by atoms with Crippen molar-refractivity contribution in [3.05, 3.63) is 59.7 Å². The Morgan fingerprint density at radius 2 is 1.48 bits per heavy atom. The standard InChI is InChI=1S/C15H10O.C10H18O/c1-2-15(16)13-9-5-3-7-11(13)12-8-4-6-10-14(12)15;1-4-7-8-9(5-2)10(11)6-3/h1,3-10,16H;3,9-11H,4-5,7-8H2,1-2H3. The van der Waals surface area contributed by atoms with E-state index in [1.54, 1.807) is 0 Å². The van der Waals surface area contributed by atoms with Crippen LogP contribution < -0.4 is 0 Å². The van der Waals surface area contributed by atoms with Gasteiger partial charge in [0, 0.05) is 11.1 Å². The van der Waals surface area contributed by atoms with Gasteiger partial charge in [-0.3, -0.25) is 0 Å². The summed E-state index contributed by atoms with van der Waals surface area (Å²) in [6, 6.07) is 15.5. The van der Waals surface area contributed by atoms with Crippen LogP contribution in [0.15, 0.2) is 48.5 Å². The normalized spacial score (nSPS) is 15.2. The summed E-state index contributed by atoms with van der Waals surface area (Å²) >= 11 is 0. The Morgan fingerprint density at radius 1 is 0.963 bits per heavy atom. The largest absolute Gasteiger partial charge is 0.380 e. The summed E-state index contributed by atoms with van der Waals surface area (Å²) in [6.07, 6.45) is 14.5. The van der Waals surface area contributed by atoms with Gasteiger partial charge in [0.05, 0.1) is 0 Å². The van der Waals surface area contributed by atoms with E-state index in [-0.39, 0.29) is 0 Å². The number of benzene rings is 2. The maximum absolute atomic E-state index is 10.6. The second-order valence-corrected chi connectivity index (χ2v) is 6.87. The highest BCUT2D eigenvalue weighted by atomic mass is 16.3. The Labute approximate surface area is 163 Å². The summed E-state index contributed by atoms with van der Waals surface area (Å²) in [6.45, 7) is 4.22. The van der Waals surface area contributed by atoms with Crippen molar-refractivity contribution in [1.82, 2.24) is 0 Å². The van der Waals surface area contributed by atoms with Crippen LogP contribution in [0.4, 0.5) is 0 Å². The number of hydrogen-bond donors (Lipinski definition) is 2. The molecule has 0 amide bonds. The van der Waals surface area contributed by atoms with Gasteiger partial charge in [-0.1, -0.05) is 87.1 Å². The molecule has 2 N–H and O–H groups in total. The predicted octanol–water partition coefficient (Wildman–Crippen LogP) is 4.73. The Morgan fingerprint density at radius 3 is 1.89 bits per heavy atom. The van der Waals surface area contributed by atoms with Crippen molar-refractivity contribution in [2.24, 2.45) is 5.92 Å². The van der Waals surface area contributed by atoms with E-state index in [2.05, 4.69) is 25.7 Å². The summed E-state index contributed by atoms with van der Waals surface area (Å²) < 4.78 is 0. The van der Waals surface area contributed by atoms with Gasteiger partial charge in [-0.15, -0.1) is 12.8 Å². The summed E-state index contributed by atoms with van der Waals surface area (Å²) in [5, 5.41) is 19.9. The van der Waals surface area contributed by atoms with E-state index in [4.69, 9.17) is 12.8 Å². The van der Waals surface area contributed by atoms with Crippen LogP contribution in [0.25, 0.3) is 11.1 Å². The number of aliphatic hydroxyl groups excluding tert-OH is 1. The molecule has 0 bridgehead atoms. The van der Waals surface area contributed by atoms with Gasteiger partial charge >= 0.3 is 0 Å². The predicted molar refractivity (Wildman–Crippen MR) is 112 cm³/mol. The molecule has 2 unspecified atom stereocenters. The molecule has 2 aromatic rings. The lowest BCUT2D eigenvalue weighted by Gasteiger charge is -2.18. The van der Waals surface area contributed by atoms with Crippen molar-refractivity contribution < 1.29 is 10.2 Å². The zero-order valence-corrected chi connectivity index (χ0v) is 16.2. The monoisotopic (exact) mass is 360 g/mol. The third kappa shape index (κ3) is 4.25. The number of fused-ring (bicyclic) bond motifs is 3. The van der Waals surface area contributed by atoms with Crippen molar-refractivity contribution in [3.63, 3.8) is 0 Å².